The maximum absolute atomic E-state index is 12.3. The van der Waals surface area contributed by atoms with Crippen molar-refractivity contribution in [3.05, 3.63) is 29.3 Å². The second-order valence-electron chi connectivity index (χ2n) is 3.31. The van der Waals surface area contributed by atoms with Crippen molar-refractivity contribution in [1.82, 2.24) is 0 Å². The molecule has 0 aliphatic rings. The quantitative estimate of drug-likeness (QED) is 0.688. The molecule has 76 valence electrons. The van der Waals surface area contributed by atoms with E-state index in [1.54, 1.807) is 13.0 Å². The highest BCUT2D eigenvalue weighted by molar-refractivity contribution is 6.64. The number of rotatable bonds is 1. The molecule has 0 aliphatic heterocycles. The van der Waals surface area contributed by atoms with Crippen LogP contribution in [0.4, 0.5) is 13.2 Å². The van der Waals surface area contributed by atoms with Gasteiger partial charge in [0.05, 0.1) is 5.56 Å². The van der Waals surface area contributed by atoms with Crippen LogP contribution in [0.3, 0.4) is 0 Å². The molecule has 5 heteroatoms. The second kappa shape index (κ2) is 3.65. The zero-order valence-electron chi connectivity index (χ0n) is 7.89. The van der Waals surface area contributed by atoms with Gasteiger partial charge in [-0.05, 0) is 18.5 Å². The lowest BCUT2D eigenvalue weighted by Gasteiger charge is -2.10. The number of hydrogen-bond donors (Lipinski definition) is 1. The van der Waals surface area contributed by atoms with E-state index in [0.717, 1.165) is 12.1 Å². The molecule has 0 aliphatic carbocycles. The van der Waals surface area contributed by atoms with E-state index in [9.17, 15) is 18.2 Å². The highest BCUT2D eigenvalue weighted by atomic mass is 19.4. The third-order valence-corrected chi connectivity index (χ3v) is 1.91. The Labute approximate surface area is 80.7 Å². The van der Waals surface area contributed by atoms with Crippen LogP contribution < -0.4 is 5.46 Å². The SMILES string of the molecule is CB(O)c1cc(C)cc(C(F)(F)F)c1. The summed E-state index contributed by atoms with van der Waals surface area (Å²) in [5.74, 6) is 0. The second-order valence-corrected chi connectivity index (χ2v) is 3.31. The Kier molecular flexibility index (Phi) is 2.90. The Bertz CT molecular complexity index is 333. The number of benzene rings is 1. The van der Waals surface area contributed by atoms with Crippen LogP contribution in [0, 0.1) is 6.92 Å². The molecule has 0 spiro atoms. The van der Waals surface area contributed by atoms with E-state index >= 15 is 0 Å². The fourth-order valence-corrected chi connectivity index (χ4v) is 1.22. The van der Waals surface area contributed by atoms with Gasteiger partial charge in [-0.1, -0.05) is 24.5 Å². The van der Waals surface area contributed by atoms with E-state index in [-0.39, 0.29) is 5.46 Å². The van der Waals surface area contributed by atoms with Crippen molar-refractivity contribution >= 4 is 12.4 Å². The molecule has 0 fully saturated rings. The molecule has 1 nitrogen and oxygen atoms in total. The summed E-state index contributed by atoms with van der Waals surface area (Å²) in [7, 11) is 0. The minimum atomic E-state index is -4.35. The van der Waals surface area contributed by atoms with Gasteiger partial charge in [0.1, 0.15) is 0 Å². The molecule has 0 saturated heterocycles. The lowest BCUT2D eigenvalue weighted by atomic mass is 9.64. The zero-order chi connectivity index (χ0) is 10.9. The molecule has 0 aromatic heterocycles. The van der Waals surface area contributed by atoms with Gasteiger partial charge in [-0.25, -0.2) is 0 Å². The first-order valence-electron chi connectivity index (χ1n) is 4.17. The van der Waals surface area contributed by atoms with Crippen molar-refractivity contribution < 1.29 is 18.2 Å². The van der Waals surface area contributed by atoms with E-state index < -0.39 is 18.7 Å². The molecule has 0 atom stereocenters. The van der Waals surface area contributed by atoms with Crippen LogP contribution in [-0.2, 0) is 6.18 Å². The van der Waals surface area contributed by atoms with Gasteiger partial charge in [0.15, 0.2) is 0 Å². The van der Waals surface area contributed by atoms with Crippen LogP contribution in [0.5, 0.6) is 0 Å². The van der Waals surface area contributed by atoms with Gasteiger partial charge in [-0.15, -0.1) is 0 Å². The molecule has 0 saturated carbocycles. The lowest BCUT2D eigenvalue weighted by Crippen LogP contribution is -2.27. The minimum absolute atomic E-state index is 0.289. The summed E-state index contributed by atoms with van der Waals surface area (Å²) >= 11 is 0. The first-order chi connectivity index (χ1) is 6.30. The van der Waals surface area contributed by atoms with Crippen LogP contribution >= 0.6 is 0 Å². The Morgan fingerprint density at radius 2 is 1.79 bits per heavy atom. The highest BCUT2D eigenvalue weighted by Gasteiger charge is 2.31. The summed E-state index contributed by atoms with van der Waals surface area (Å²) < 4.78 is 37.0. The molecule has 1 rings (SSSR count). The van der Waals surface area contributed by atoms with Gasteiger partial charge in [-0.2, -0.15) is 13.2 Å². The predicted octanol–water partition coefficient (Wildman–Crippen LogP) is 1.83. The molecule has 0 unspecified atom stereocenters. The number of aryl methyl sites for hydroxylation is 1. The van der Waals surface area contributed by atoms with Crippen LogP contribution in [-0.4, -0.2) is 11.9 Å². The van der Waals surface area contributed by atoms with Crippen molar-refractivity contribution in [2.24, 2.45) is 0 Å². The molecular weight excluding hydrogens is 192 g/mol. The summed E-state index contributed by atoms with van der Waals surface area (Å²) in [6.45, 7) is 2.13. The lowest BCUT2D eigenvalue weighted by molar-refractivity contribution is -0.137. The number of halogens is 3. The van der Waals surface area contributed by atoms with E-state index in [1.165, 1.54) is 6.82 Å². The summed E-state index contributed by atoms with van der Waals surface area (Å²) in [6, 6.07) is 3.57. The van der Waals surface area contributed by atoms with Gasteiger partial charge in [0, 0.05) is 0 Å². The molecule has 1 aromatic carbocycles. The summed E-state index contributed by atoms with van der Waals surface area (Å²) in [5, 5.41) is 9.17. The molecule has 0 amide bonds. The van der Waals surface area contributed by atoms with E-state index in [2.05, 4.69) is 0 Å². The fourth-order valence-electron chi connectivity index (χ4n) is 1.22. The van der Waals surface area contributed by atoms with Crippen molar-refractivity contribution in [2.75, 3.05) is 0 Å². The van der Waals surface area contributed by atoms with Crippen molar-refractivity contribution in [1.29, 1.82) is 0 Å². The van der Waals surface area contributed by atoms with Crippen molar-refractivity contribution in [3.8, 4) is 0 Å². The molecule has 1 aromatic rings. The third-order valence-electron chi connectivity index (χ3n) is 1.91. The summed E-state index contributed by atoms with van der Waals surface area (Å²) in [6.07, 6.45) is -4.35. The monoisotopic (exact) mass is 202 g/mol. The normalized spacial score (nSPS) is 11.6. The first kappa shape index (κ1) is 11.1. The number of alkyl halides is 3. The third kappa shape index (κ3) is 2.51. The highest BCUT2D eigenvalue weighted by Crippen LogP contribution is 2.28. The van der Waals surface area contributed by atoms with Crippen LogP contribution in [0.2, 0.25) is 6.82 Å². The Hall–Kier alpha value is -0.965. The molecule has 0 heterocycles. The molecule has 1 N–H and O–H groups in total. The minimum Gasteiger partial charge on any atom is -0.447 e. The zero-order valence-corrected chi connectivity index (χ0v) is 7.89. The first-order valence-corrected chi connectivity index (χ1v) is 4.17. The smallest absolute Gasteiger partial charge is 0.416 e. The van der Waals surface area contributed by atoms with E-state index in [1.807, 2.05) is 0 Å². The van der Waals surface area contributed by atoms with Gasteiger partial charge >= 0.3 is 13.1 Å². The van der Waals surface area contributed by atoms with Gasteiger partial charge in [0.2, 0.25) is 0 Å². The Balaban J connectivity index is 3.21. The van der Waals surface area contributed by atoms with Crippen LogP contribution in [0.1, 0.15) is 11.1 Å². The van der Waals surface area contributed by atoms with Crippen LogP contribution in [0.25, 0.3) is 0 Å². The molecule has 14 heavy (non-hydrogen) atoms. The molecular formula is C9H10BF3O. The van der Waals surface area contributed by atoms with Gasteiger partial charge in [-0.3, -0.25) is 0 Å². The summed E-state index contributed by atoms with van der Waals surface area (Å²) in [5.41, 5.74) is 0.0708. The average Bonchev–Trinajstić information content (AvgIpc) is 2.01. The standard InChI is InChI=1S/C9H10BF3O/c1-6-3-7(9(11,12)13)5-8(4-6)10(2)14/h3-5,14H,1-2H3. The Morgan fingerprint density at radius 3 is 2.21 bits per heavy atom. The van der Waals surface area contributed by atoms with Gasteiger partial charge < -0.3 is 5.02 Å². The summed E-state index contributed by atoms with van der Waals surface area (Å²) in [4.78, 5) is 0. The largest absolute Gasteiger partial charge is 0.447 e. The number of hydrogen-bond acceptors (Lipinski definition) is 1. The topological polar surface area (TPSA) is 20.2 Å². The van der Waals surface area contributed by atoms with Gasteiger partial charge in [0.25, 0.3) is 0 Å². The molecule has 0 bridgehead atoms. The fraction of sp³-hybridized carbons (Fsp3) is 0.333. The Morgan fingerprint density at radius 1 is 1.21 bits per heavy atom. The van der Waals surface area contributed by atoms with Crippen LogP contribution in [0.15, 0.2) is 18.2 Å². The van der Waals surface area contributed by atoms with E-state index in [0.29, 0.717) is 5.56 Å². The molecule has 0 radical (unpaired) electrons. The maximum Gasteiger partial charge on any atom is 0.416 e. The van der Waals surface area contributed by atoms with Crippen molar-refractivity contribution in [2.45, 2.75) is 19.9 Å². The maximum atomic E-state index is 12.3. The predicted molar refractivity (Wildman–Crippen MR) is 49.7 cm³/mol. The average molecular weight is 202 g/mol. The van der Waals surface area contributed by atoms with Crippen molar-refractivity contribution in [3.63, 3.8) is 0 Å². The van der Waals surface area contributed by atoms with E-state index in [4.69, 9.17) is 0 Å².